The lowest BCUT2D eigenvalue weighted by molar-refractivity contribution is 0.164. The molecule has 108 valence electrons. The second-order valence-electron chi connectivity index (χ2n) is 5.24. The Bertz CT molecular complexity index is 398. The Morgan fingerprint density at radius 2 is 1.95 bits per heavy atom. The summed E-state index contributed by atoms with van der Waals surface area (Å²) in [6, 6.07) is 3.50. The highest BCUT2D eigenvalue weighted by Crippen LogP contribution is 2.18. The van der Waals surface area contributed by atoms with Gasteiger partial charge in [-0.1, -0.05) is 26.3 Å². The van der Waals surface area contributed by atoms with Gasteiger partial charge < -0.3 is 10.4 Å². The molecule has 0 heterocycles. The second-order valence-corrected chi connectivity index (χ2v) is 5.24. The van der Waals surface area contributed by atoms with Gasteiger partial charge in [0.05, 0.1) is 6.10 Å². The third kappa shape index (κ3) is 5.25. The Morgan fingerprint density at radius 3 is 2.53 bits per heavy atom. The number of hydrogen-bond donors (Lipinski definition) is 2. The van der Waals surface area contributed by atoms with Gasteiger partial charge in [0.25, 0.3) is 0 Å². The van der Waals surface area contributed by atoms with E-state index >= 15 is 0 Å². The van der Waals surface area contributed by atoms with E-state index in [2.05, 4.69) is 19.2 Å². The molecule has 2 nitrogen and oxygen atoms in total. The maximum Gasteiger partial charge on any atom is 0.131 e. The fraction of sp³-hybridized carbons (Fsp3) is 0.600. The van der Waals surface area contributed by atoms with E-state index in [1.165, 1.54) is 6.07 Å². The monoisotopic (exact) mass is 271 g/mol. The van der Waals surface area contributed by atoms with E-state index in [-0.39, 0.29) is 18.2 Å². The lowest BCUT2D eigenvalue weighted by Crippen LogP contribution is -2.32. The first-order valence-electron chi connectivity index (χ1n) is 6.80. The summed E-state index contributed by atoms with van der Waals surface area (Å²) in [4.78, 5) is 0. The zero-order valence-electron chi connectivity index (χ0n) is 11.8. The molecule has 2 N–H and O–H groups in total. The molecule has 0 aliphatic heterocycles. The predicted molar refractivity (Wildman–Crippen MR) is 72.9 cm³/mol. The van der Waals surface area contributed by atoms with Gasteiger partial charge in [-0.3, -0.25) is 0 Å². The van der Waals surface area contributed by atoms with Crippen LogP contribution in [0.5, 0.6) is 0 Å². The van der Waals surface area contributed by atoms with E-state index in [1.807, 2.05) is 6.92 Å². The Hall–Kier alpha value is -1.00. The molecule has 0 spiro atoms. The highest BCUT2D eigenvalue weighted by molar-refractivity contribution is 5.21. The summed E-state index contributed by atoms with van der Waals surface area (Å²) in [6.07, 6.45) is 1.16. The molecular formula is C15H23F2NO. The quantitative estimate of drug-likeness (QED) is 0.796. The fourth-order valence-corrected chi connectivity index (χ4v) is 2.05. The van der Waals surface area contributed by atoms with Gasteiger partial charge in [0.1, 0.15) is 11.6 Å². The van der Waals surface area contributed by atoms with Gasteiger partial charge in [-0.2, -0.15) is 0 Å². The van der Waals surface area contributed by atoms with Gasteiger partial charge in [-0.25, -0.2) is 8.78 Å². The molecule has 0 saturated heterocycles. The molecule has 0 bridgehead atoms. The van der Waals surface area contributed by atoms with Crippen LogP contribution in [0.1, 0.15) is 45.3 Å². The third-order valence-electron chi connectivity index (χ3n) is 3.43. The summed E-state index contributed by atoms with van der Waals surface area (Å²) in [7, 11) is 0. The van der Waals surface area contributed by atoms with Crippen LogP contribution in [-0.2, 0) is 0 Å². The highest BCUT2D eigenvalue weighted by atomic mass is 19.1. The zero-order chi connectivity index (χ0) is 14.4. The minimum Gasteiger partial charge on any atom is -0.387 e. The van der Waals surface area contributed by atoms with Crippen molar-refractivity contribution in [3.63, 3.8) is 0 Å². The summed E-state index contributed by atoms with van der Waals surface area (Å²) in [6.45, 7) is 6.62. The molecule has 0 aliphatic carbocycles. The maximum atomic E-state index is 13.5. The molecule has 0 fully saturated rings. The van der Waals surface area contributed by atoms with Gasteiger partial charge in [0, 0.05) is 24.2 Å². The summed E-state index contributed by atoms with van der Waals surface area (Å²) in [5.74, 6) is -0.724. The van der Waals surface area contributed by atoms with E-state index in [9.17, 15) is 13.9 Å². The first kappa shape index (κ1) is 16.1. The lowest BCUT2D eigenvalue weighted by Gasteiger charge is -2.20. The molecule has 4 heteroatoms. The maximum absolute atomic E-state index is 13.5. The number of benzene rings is 1. The van der Waals surface area contributed by atoms with Crippen LogP contribution in [-0.4, -0.2) is 17.7 Å². The van der Waals surface area contributed by atoms with Gasteiger partial charge in [-0.05, 0) is 25.3 Å². The van der Waals surface area contributed by atoms with E-state index in [0.717, 1.165) is 25.0 Å². The fourth-order valence-electron chi connectivity index (χ4n) is 2.05. The summed E-state index contributed by atoms with van der Waals surface area (Å²) >= 11 is 0. The summed E-state index contributed by atoms with van der Waals surface area (Å²) < 4.78 is 26.2. The first-order chi connectivity index (χ1) is 8.93. The third-order valence-corrected chi connectivity index (χ3v) is 3.43. The molecule has 0 radical (unpaired) electrons. The van der Waals surface area contributed by atoms with Crippen molar-refractivity contribution in [2.45, 2.75) is 45.8 Å². The Morgan fingerprint density at radius 1 is 1.26 bits per heavy atom. The average Bonchev–Trinajstić information content (AvgIpc) is 2.35. The van der Waals surface area contributed by atoms with E-state index in [1.54, 1.807) is 0 Å². The second kappa shape index (κ2) is 7.56. The van der Waals surface area contributed by atoms with Gasteiger partial charge in [0.2, 0.25) is 0 Å². The number of hydrogen-bond acceptors (Lipinski definition) is 2. The van der Waals surface area contributed by atoms with Crippen LogP contribution in [0.4, 0.5) is 8.78 Å². The zero-order valence-corrected chi connectivity index (χ0v) is 11.8. The van der Waals surface area contributed by atoms with Gasteiger partial charge in [0.15, 0.2) is 0 Å². The molecule has 19 heavy (non-hydrogen) atoms. The van der Waals surface area contributed by atoms with Crippen molar-refractivity contribution in [2.75, 3.05) is 6.54 Å². The molecule has 0 amide bonds. The molecule has 1 rings (SSSR count). The number of aliphatic hydroxyl groups excluding tert-OH is 1. The number of aliphatic hydroxyl groups is 1. The molecular weight excluding hydrogens is 248 g/mol. The largest absolute Gasteiger partial charge is 0.387 e. The van der Waals surface area contributed by atoms with Crippen LogP contribution in [0.25, 0.3) is 0 Å². The van der Waals surface area contributed by atoms with Crippen molar-refractivity contribution in [3.8, 4) is 0 Å². The minimum absolute atomic E-state index is 0.129. The van der Waals surface area contributed by atoms with Crippen molar-refractivity contribution in [2.24, 2.45) is 5.92 Å². The first-order valence-corrected chi connectivity index (χ1v) is 6.80. The summed E-state index contributed by atoms with van der Waals surface area (Å²) in [5.41, 5.74) is 0.129. The number of rotatable bonds is 7. The van der Waals surface area contributed by atoms with Crippen molar-refractivity contribution >= 4 is 0 Å². The topological polar surface area (TPSA) is 32.3 Å². The van der Waals surface area contributed by atoms with Crippen molar-refractivity contribution < 1.29 is 13.9 Å². The molecule has 0 aliphatic rings. The van der Waals surface area contributed by atoms with Crippen molar-refractivity contribution in [1.29, 1.82) is 0 Å². The summed E-state index contributed by atoms with van der Waals surface area (Å²) in [5, 5.41) is 13.1. The van der Waals surface area contributed by atoms with Crippen molar-refractivity contribution in [3.05, 3.63) is 35.4 Å². The van der Waals surface area contributed by atoms with E-state index in [0.29, 0.717) is 5.92 Å². The average molecular weight is 271 g/mol. The van der Waals surface area contributed by atoms with Gasteiger partial charge in [-0.15, -0.1) is 0 Å². The molecule has 0 aromatic heterocycles. The van der Waals surface area contributed by atoms with Crippen molar-refractivity contribution in [1.82, 2.24) is 5.32 Å². The van der Waals surface area contributed by atoms with Gasteiger partial charge >= 0.3 is 0 Å². The van der Waals surface area contributed by atoms with Crippen LogP contribution in [0.15, 0.2) is 18.2 Å². The molecule has 1 aromatic carbocycles. The minimum atomic E-state index is -0.958. The van der Waals surface area contributed by atoms with Crippen LogP contribution in [0, 0.1) is 17.6 Å². The van der Waals surface area contributed by atoms with Crippen LogP contribution < -0.4 is 5.32 Å². The predicted octanol–water partition coefficient (Wildman–Crippen LogP) is 3.41. The lowest BCUT2D eigenvalue weighted by atomic mass is 10.00. The Kier molecular flexibility index (Phi) is 6.38. The van der Waals surface area contributed by atoms with E-state index < -0.39 is 17.7 Å². The molecule has 0 saturated carbocycles. The standard InChI is InChI=1S/C15H23F2NO/c1-4-10(2)7-11(3)18-9-15(19)13-6-5-12(16)8-14(13)17/h5-6,8,10-11,15,18-19H,4,7,9H2,1-3H3. The highest BCUT2D eigenvalue weighted by Gasteiger charge is 2.15. The molecule has 3 unspecified atom stereocenters. The Balaban J connectivity index is 2.48. The normalized spacial score (nSPS) is 16.1. The Labute approximate surface area is 113 Å². The number of halogens is 2. The number of nitrogens with one attached hydrogen (secondary N) is 1. The smallest absolute Gasteiger partial charge is 0.131 e. The van der Waals surface area contributed by atoms with Crippen LogP contribution in [0.2, 0.25) is 0 Å². The SMILES string of the molecule is CCC(C)CC(C)NCC(O)c1ccc(F)cc1F. The van der Waals surface area contributed by atoms with Crippen LogP contribution >= 0.6 is 0 Å². The van der Waals surface area contributed by atoms with Crippen LogP contribution in [0.3, 0.4) is 0 Å². The van der Waals surface area contributed by atoms with E-state index in [4.69, 9.17) is 0 Å². The molecule has 3 atom stereocenters. The molecule has 1 aromatic rings.